The fraction of sp³-hybridized carbons (Fsp3) is 0.400. The summed E-state index contributed by atoms with van der Waals surface area (Å²) in [4.78, 5) is 0. The molecule has 11 rings (SSSR count). The quantitative estimate of drug-likeness (QED) is 0.0418. The molecule has 0 nitrogen and oxygen atoms in total. The second-order valence-corrected chi connectivity index (χ2v) is 25.0. The van der Waals surface area contributed by atoms with Gasteiger partial charge in [0.2, 0.25) is 0 Å². The van der Waals surface area contributed by atoms with Crippen molar-refractivity contribution in [2.75, 3.05) is 0 Å². The molecule has 0 aromatic heterocycles. The molecule has 9 aromatic rings. The zero-order chi connectivity index (χ0) is 55.6. The zero-order valence-corrected chi connectivity index (χ0v) is 50.6. The molecule has 2 aliphatic rings. The van der Waals surface area contributed by atoms with Crippen LogP contribution in [-0.4, -0.2) is 0 Å². The van der Waals surface area contributed by atoms with Gasteiger partial charge in [0.25, 0.3) is 0 Å². The molecule has 9 aromatic carbocycles. The standard InChI is InChI=1S/C45H54.C35H40/c1-5-7-9-11-13-15-25-45(26-16-14-12-10-8-6-2)43-28-34(4)18-23-41(43)42-24-22-38(32-44(42)45)35-20-21-37-30-39-27-33(3)17-19-36(39)31-40(37)29-35;1-5-7-11-21-35(22-12-8-6-2)33-23-25(3)15-18-31(33)32-20-17-27(24-34(32)35)29-19-16-26(4)28-13-9-10-14-30(28)29/h17-24,27-32H,5-16,25-26H2,1-4H3;9-10,13-20,23-24H,5-8,11-12,21-22H2,1-4H3. The number of hydrogen-bond donors (Lipinski definition) is 0. The summed E-state index contributed by atoms with van der Waals surface area (Å²) in [5.41, 5.74) is 23.4. The van der Waals surface area contributed by atoms with Gasteiger partial charge in [-0.1, -0.05) is 287 Å². The molecule has 0 heteroatoms. The molecule has 0 spiro atoms. The summed E-state index contributed by atoms with van der Waals surface area (Å²) in [5.74, 6) is 0. The van der Waals surface area contributed by atoms with Gasteiger partial charge < -0.3 is 0 Å². The van der Waals surface area contributed by atoms with Gasteiger partial charge in [0.05, 0.1) is 0 Å². The summed E-state index contributed by atoms with van der Waals surface area (Å²) in [6.45, 7) is 18.2. The van der Waals surface area contributed by atoms with Crippen LogP contribution in [0.4, 0.5) is 0 Å². The van der Waals surface area contributed by atoms with E-state index < -0.39 is 0 Å². The largest absolute Gasteiger partial charge is 0.0654 e. The predicted octanol–water partition coefficient (Wildman–Crippen LogP) is 24.6. The molecule has 0 bridgehead atoms. The Labute approximate surface area is 483 Å². The highest BCUT2D eigenvalue weighted by molar-refractivity contribution is 6.01. The molecular weight excluding hydrogens is 961 g/mol. The maximum absolute atomic E-state index is 2.60. The Balaban J connectivity index is 0.000000186. The minimum atomic E-state index is 0.118. The summed E-state index contributed by atoms with van der Waals surface area (Å²) >= 11 is 0. The minimum Gasteiger partial charge on any atom is -0.0654 e. The van der Waals surface area contributed by atoms with Crippen LogP contribution >= 0.6 is 0 Å². The molecule has 0 saturated carbocycles. The first kappa shape index (κ1) is 57.0. The lowest BCUT2D eigenvalue weighted by molar-refractivity contribution is 0.398. The second-order valence-electron chi connectivity index (χ2n) is 25.0. The van der Waals surface area contributed by atoms with Crippen molar-refractivity contribution in [3.63, 3.8) is 0 Å². The van der Waals surface area contributed by atoms with E-state index in [1.807, 2.05) is 0 Å². The van der Waals surface area contributed by atoms with Crippen molar-refractivity contribution < 1.29 is 0 Å². The van der Waals surface area contributed by atoms with Crippen LogP contribution in [0.5, 0.6) is 0 Å². The molecule has 0 atom stereocenters. The molecule has 0 fully saturated rings. The third-order valence-electron chi connectivity index (χ3n) is 19.1. The zero-order valence-electron chi connectivity index (χ0n) is 50.6. The van der Waals surface area contributed by atoms with Gasteiger partial charge in [-0.05, 0) is 188 Å². The highest BCUT2D eigenvalue weighted by atomic mass is 14.5. The van der Waals surface area contributed by atoms with Crippen molar-refractivity contribution in [3.8, 4) is 44.5 Å². The lowest BCUT2D eigenvalue weighted by Gasteiger charge is -2.33. The monoisotopic (exact) mass is 1050 g/mol. The highest BCUT2D eigenvalue weighted by Crippen LogP contribution is 2.57. The van der Waals surface area contributed by atoms with Gasteiger partial charge in [0.1, 0.15) is 0 Å². The predicted molar refractivity (Wildman–Crippen MR) is 352 cm³/mol. The van der Waals surface area contributed by atoms with Crippen LogP contribution in [0.15, 0.2) is 158 Å². The van der Waals surface area contributed by atoms with E-state index in [0.29, 0.717) is 0 Å². The molecular formula is C80H94. The van der Waals surface area contributed by atoms with Gasteiger partial charge in [-0.2, -0.15) is 0 Å². The van der Waals surface area contributed by atoms with E-state index in [4.69, 9.17) is 0 Å². The smallest absolute Gasteiger partial charge is 0.0215 e. The molecule has 80 heavy (non-hydrogen) atoms. The van der Waals surface area contributed by atoms with Crippen LogP contribution in [0.25, 0.3) is 76.8 Å². The van der Waals surface area contributed by atoms with Gasteiger partial charge in [0, 0.05) is 10.8 Å². The molecule has 0 radical (unpaired) electrons. The molecule has 414 valence electrons. The number of aryl methyl sites for hydroxylation is 4. The summed E-state index contributed by atoms with van der Waals surface area (Å²) in [6.07, 6.45) is 29.1. The van der Waals surface area contributed by atoms with E-state index in [-0.39, 0.29) is 10.8 Å². The van der Waals surface area contributed by atoms with Gasteiger partial charge in [-0.15, -0.1) is 0 Å². The van der Waals surface area contributed by atoms with Gasteiger partial charge in [0.15, 0.2) is 0 Å². The normalized spacial score (nSPS) is 13.6. The van der Waals surface area contributed by atoms with Crippen LogP contribution in [0, 0.1) is 27.7 Å². The van der Waals surface area contributed by atoms with E-state index in [1.165, 1.54) is 240 Å². The fourth-order valence-electron chi connectivity index (χ4n) is 14.7. The molecule has 0 N–H and O–H groups in total. The number of benzene rings is 9. The third kappa shape index (κ3) is 11.9. The van der Waals surface area contributed by atoms with Crippen molar-refractivity contribution in [2.45, 2.75) is 207 Å². The molecule has 0 saturated heterocycles. The molecule has 2 aliphatic carbocycles. The fourth-order valence-corrected chi connectivity index (χ4v) is 14.7. The summed E-state index contributed by atoms with van der Waals surface area (Å²) in [5, 5.41) is 8.02. The first-order valence-corrected chi connectivity index (χ1v) is 32.1. The van der Waals surface area contributed by atoms with Gasteiger partial charge in [-0.3, -0.25) is 0 Å². The van der Waals surface area contributed by atoms with Crippen LogP contribution in [-0.2, 0) is 10.8 Å². The first-order valence-electron chi connectivity index (χ1n) is 32.1. The summed E-state index contributed by atoms with van der Waals surface area (Å²) in [7, 11) is 0. The Kier molecular flexibility index (Phi) is 18.6. The average molecular weight is 1060 g/mol. The van der Waals surface area contributed by atoms with Crippen LogP contribution < -0.4 is 0 Å². The average Bonchev–Trinajstić information content (AvgIpc) is 4.04. The lowest BCUT2D eigenvalue weighted by atomic mass is 9.70. The Bertz CT molecular complexity index is 3530. The van der Waals surface area contributed by atoms with Crippen molar-refractivity contribution in [1.82, 2.24) is 0 Å². The number of unbranched alkanes of at least 4 members (excludes halogenated alkanes) is 14. The van der Waals surface area contributed by atoms with E-state index in [2.05, 4.69) is 213 Å². The minimum absolute atomic E-state index is 0.118. The van der Waals surface area contributed by atoms with Crippen molar-refractivity contribution in [1.29, 1.82) is 0 Å². The maximum Gasteiger partial charge on any atom is 0.0215 e. The van der Waals surface area contributed by atoms with E-state index in [1.54, 1.807) is 22.3 Å². The van der Waals surface area contributed by atoms with Crippen molar-refractivity contribution >= 4 is 32.3 Å². The van der Waals surface area contributed by atoms with Crippen LogP contribution in [0.2, 0.25) is 0 Å². The molecule has 0 unspecified atom stereocenters. The van der Waals surface area contributed by atoms with Gasteiger partial charge >= 0.3 is 0 Å². The van der Waals surface area contributed by atoms with E-state index in [9.17, 15) is 0 Å². The van der Waals surface area contributed by atoms with Crippen molar-refractivity contribution in [3.05, 3.63) is 202 Å². The summed E-state index contributed by atoms with van der Waals surface area (Å²) in [6, 6.07) is 61.5. The maximum atomic E-state index is 2.60. The lowest BCUT2D eigenvalue weighted by Crippen LogP contribution is -2.25. The van der Waals surface area contributed by atoms with Crippen LogP contribution in [0.1, 0.15) is 213 Å². The second kappa shape index (κ2) is 26.1. The molecule has 0 amide bonds. The highest BCUT2D eigenvalue weighted by Gasteiger charge is 2.44. The SMILES string of the molecule is CCCCCC1(CCCCC)c2cc(C)ccc2-c2ccc(-c3ccc(C)c4ccccc34)cc21.CCCCCCCCC1(CCCCCCCC)c2cc(C)ccc2-c2ccc(-c3ccc4cc5cc(C)ccc5cc4c3)cc21. The summed E-state index contributed by atoms with van der Waals surface area (Å²) < 4.78 is 0. The number of rotatable bonds is 24. The van der Waals surface area contributed by atoms with Crippen molar-refractivity contribution in [2.24, 2.45) is 0 Å². The van der Waals surface area contributed by atoms with E-state index >= 15 is 0 Å². The third-order valence-corrected chi connectivity index (χ3v) is 19.1. The number of hydrogen-bond acceptors (Lipinski definition) is 0. The van der Waals surface area contributed by atoms with Gasteiger partial charge in [-0.25, -0.2) is 0 Å². The molecule has 0 heterocycles. The Hall–Kier alpha value is -6.24. The Morgan fingerprint density at radius 1 is 0.263 bits per heavy atom. The van der Waals surface area contributed by atoms with E-state index in [0.717, 1.165) is 0 Å². The Morgan fingerprint density at radius 2 is 0.625 bits per heavy atom. The topological polar surface area (TPSA) is 0 Å². The molecule has 0 aliphatic heterocycles. The van der Waals surface area contributed by atoms with Crippen LogP contribution in [0.3, 0.4) is 0 Å². The Morgan fingerprint density at radius 3 is 1.18 bits per heavy atom. The number of fused-ring (bicyclic) bond motifs is 9. The first-order chi connectivity index (χ1) is 39.1.